The second kappa shape index (κ2) is 5.45. The van der Waals surface area contributed by atoms with Crippen LogP contribution in [0.3, 0.4) is 0 Å². The van der Waals surface area contributed by atoms with Crippen molar-refractivity contribution >= 4 is 6.21 Å². The first-order valence-corrected chi connectivity index (χ1v) is 4.18. The first-order valence-electron chi connectivity index (χ1n) is 4.18. The Kier molecular flexibility index (Phi) is 5.27. The fourth-order valence-electron chi connectivity index (χ4n) is 0.557. The van der Waals surface area contributed by atoms with Crippen molar-refractivity contribution in [2.24, 2.45) is 10.9 Å². The van der Waals surface area contributed by atoms with Gasteiger partial charge in [0.05, 0.1) is 0 Å². The van der Waals surface area contributed by atoms with Gasteiger partial charge < -0.3 is 0 Å². The van der Waals surface area contributed by atoms with Gasteiger partial charge in [0, 0.05) is 6.04 Å². The second-order valence-electron chi connectivity index (χ2n) is 3.22. The quantitative estimate of drug-likeness (QED) is 0.534. The lowest BCUT2D eigenvalue weighted by Crippen LogP contribution is -1.96. The minimum Gasteiger partial charge on any atom is -0.295 e. The lowest BCUT2D eigenvalue weighted by Gasteiger charge is -2.00. The zero-order valence-electron chi connectivity index (χ0n) is 7.59. The Balaban J connectivity index is 3.36. The number of rotatable bonds is 4. The maximum absolute atomic E-state index is 4.36. The molecular formula is C9H19N. The van der Waals surface area contributed by atoms with Crippen LogP contribution in [0.5, 0.6) is 0 Å². The molecule has 1 atom stereocenters. The van der Waals surface area contributed by atoms with Crippen LogP contribution >= 0.6 is 0 Å². The average Bonchev–Trinajstić information content (AvgIpc) is 1.87. The van der Waals surface area contributed by atoms with Crippen molar-refractivity contribution in [2.45, 2.75) is 46.6 Å². The molecule has 0 aliphatic carbocycles. The maximum Gasteiger partial charge on any atom is 0.0464 e. The average molecular weight is 141 g/mol. The van der Waals surface area contributed by atoms with Crippen LogP contribution in [-0.2, 0) is 0 Å². The van der Waals surface area contributed by atoms with E-state index in [1.165, 1.54) is 0 Å². The lowest BCUT2D eigenvalue weighted by atomic mass is 10.1. The molecule has 0 saturated carbocycles. The molecule has 0 amide bonds. The van der Waals surface area contributed by atoms with E-state index >= 15 is 0 Å². The summed E-state index contributed by atoms with van der Waals surface area (Å²) >= 11 is 0. The van der Waals surface area contributed by atoms with Crippen LogP contribution in [-0.4, -0.2) is 12.3 Å². The Hall–Kier alpha value is -0.330. The van der Waals surface area contributed by atoms with Gasteiger partial charge in [-0.05, 0) is 31.9 Å². The van der Waals surface area contributed by atoms with Crippen LogP contribution in [0.4, 0.5) is 0 Å². The highest BCUT2D eigenvalue weighted by atomic mass is 14.7. The number of hydrogen-bond acceptors (Lipinski definition) is 1. The van der Waals surface area contributed by atoms with E-state index in [0.29, 0.717) is 6.04 Å². The molecule has 0 heterocycles. The molecule has 0 saturated heterocycles. The summed E-state index contributed by atoms with van der Waals surface area (Å²) in [5.41, 5.74) is 0. The fourth-order valence-corrected chi connectivity index (χ4v) is 0.557. The molecule has 0 rings (SSSR count). The third-order valence-corrected chi connectivity index (χ3v) is 1.53. The number of hydrogen-bond donors (Lipinski definition) is 0. The summed E-state index contributed by atoms with van der Waals surface area (Å²) in [7, 11) is 0. The predicted octanol–water partition coefficient (Wildman–Crippen LogP) is 2.90. The predicted molar refractivity (Wildman–Crippen MR) is 47.7 cm³/mol. The van der Waals surface area contributed by atoms with Gasteiger partial charge in [-0.1, -0.05) is 20.8 Å². The summed E-state index contributed by atoms with van der Waals surface area (Å²) in [5.74, 6) is 0.743. The highest BCUT2D eigenvalue weighted by molar-refractivity contribution is 5.57. The molecular weight excluding hydrogens is 122 g/mol. The summed E-state index contributed by atoms with van der Waals surface area (Å²) in [6.45, 7) is 8.74. The van der Waals surface area contributed by atoms with Crippen LogP contribution in [0, 0.1) is 5.92 Å². The van der Waals surface area contributed by atoms with E-state index in [-0.39, 0.29) is 0 Å². The first kappa shape index (κ1) is 9.67. The van der Waals surface area contributed by atoms with Gasteiger partial charge in [-0.15, -0.1) is 0 Å². The van der Waals surface area contributed by atoms with Gasteiger partial charge in [-0.3, -0.25) is 4.99 Å². The van der Waals surface area contributed by atoms with E-state index in [4.69, 9.17) is 0 Å². The molecule has 1 heteroatoms. The van der Waals surface area contributed by atoms with Crippen molar-refractivity contribution in [2.75, 3.05) is 0 Å². The highest BCUT2D eigenvalue weighted by Crippen LogP contribution is 1.98. The monoisotopic (exact) mass is 141 g/mol. The van der Waals surface area contributed by atoms with Crippen LogP contribution in [0.1, 0.15) is 40.5 Å². The molecule has 0 N–H and O–H groups in total. The molecule has 0 bridgehead atoms. The third-order valence-electron chi connectivity index (χ3n) is 1.53. The minimum atomic E-state index is 0.513. The zero-order chi connectivity index (χ0) is 7.98. The van der Waals surface area contributed by atoms with Crippen LogP contribution in [0.2, 0.25) is 0 Å². The molecule has 0 radical (unpaired) electrons. The Bertz CT molecular complexity index is 94.9. The van der Waals surface area contributed by atoms with Gasteiger partial charge in [0.15, 0.2) is 0 Å². The molecule has 60 valence electrons. The van der Waals surface area contributed by atoms with Crippen LogP contribution in [0.25, 0.3) is 0 Å². The van der Waals surface area contributed by atoms with Gasteiger partial charge in [0.1, 0.15) is 0 Å². The van der Waals surface area contributed by atoms with Crippen LogP contribution in [0.15, 0.2) is 4.99 Å². The lowest BCUT2D eigenvalue weighted by molar-refractivity contribution is 0.675. The van der Waals surface area contributed by atoms with Crippen molar-refractivity contribution in [1.82, 2.24) is 0 Å². The maximum atomic E-state index is 4.36. The molecule has 0 aromatic rings. The van der Waals surface area contributed by atoms with Gasteiger partial charge in [0.25, 0.3) is 0 Å². The Morgan fingerprint density at radius 3 is 2.30 bits per heavy atom. The number of aliphatic imine (C=N–C) groups is 1. The van der Waals surface area contributed by atoms with E-state index in [1.807, 2.05) is 0 Å². The Morgan fingerprint density at radius 1 is 1.30 bits per heavy atom. The first-order chi connectivity index (χ1) is 4.66. The van der Waals surface area contributed by atoms with E-state index < -0.39 is 0 Å². The van der Waals surface area contributed by atoms with Gasteiger partial charge >= 0.3 is 0 Å². The van der Waals surface area contributed by atoms with Crippen molar-refractivity contribution in [3.05, 3.63) is 0 Å². The zero-order valence-corrected chi connectivity index (χ0v) is 7.59. The van der Waals surface area contributed by atoms with Gasteiger partial charge in [-0.2, -0.15) is 0 Å². The molecule has 0 aromatic heterocycles. The molecule has 0 unspecified atom stereocenters. The fraction of sp³-hybridized carbons (Fsp3) is 0.889. The molecule has 0 aliphatic heterocycles. The largest absolute Gasteiger partial charge is 0.295 e. The smallest absolute Gasteiger partial charge is 0.0464 e. The summed E-state index contributed by atoms with van der Waals surface area (Å²) in [4.78, 5) is 4.36. The third kappa shape index (κ3) is 5.80. The second-order valence-corrected chi connectivity index (χ2v) is 3.22. The number of nitrogens with zero attached hydrogens (tertiary/aromatic N) is 1. The van der Waals surface area contributed by atoms with E-state index in [9.17, 15) is 0 Å². The Labute approximate surface area is 64.6 Å². The standard InChI is InChI=1S/C9H19N/c1-5-9(4)10-7-6-8(2)3/h7-9H,5-6H2,1-4H3/t9-/m1/s1. The summed E-state index contributed by atoms with van der Waals surface area (Å²) < 4.78 is 0. The molecule has 1 nitrogen and oxygen atoms in total. The van der Waals surface area contributed by atoms with Crippen molar-refractivity contribution in [3.8, 4) is 0 Å². The SMILES string of the molecule is CC[C@@H](C)N=CCC(C)C. The molecule has 0 spiro atoms. The molecule has 0 fully saturated rings. The van der Waals surface area contributed by atoms with E-state index in [2.05, 4.69) is 38.9 Å². The normalized spacial score (nSPS) is 14.9. The minimum absolute atomic E-state index is 0.513. The van der Waals surface area contributed by atoms with Crippen molar-refractivity contribution in [1.29, 1.82) is 0 Å². The molecule has 0 aliphatic rings. The van der Waals surface area contributed by atoms with Crippen molar-refractivity contribution in [3.63, 3.8) is 0 Å². The van der Waals surface area contributed by atoms with E-state index in [1.54, 1.807) is 0 Å². The summed E-state index contributed by atoms with van der Waals surface area (Å²) in [5, 5.41) is 0. The van der Waals surface area contributed by atoms with Gasteiger partial charge in [0.2, 0.25) is 0 Å². The molecule has 0 aromatic carbocycles. The summed E-state index contributed by atoms with van der Waals surface area (Å²) in [6.07, 6.45) is 4.32. The highest BCUT2D eigenvalue weighted by Gasteiger charge is 1.92. The van der Waals surface area contributed by atoms with Crippen LogP contribution < -0.4 is 0 Å². The van der Waals surface area contributed by atoms with Gasteiger partial charge in [-0.25, -0.2) is 0 Å². The topological polar surface area (TPSA) is 12.4 Å². The summed E-state index contributed by atoms with van der Waals surface area (Å²) in [6, 6.07) is 0.513. The molecule has 10 heavy (non-hydrogen) atoms. The van der Waals surface area contributed by atoms with Crippen molar-refractivity contribution < 1.29 is 0 Å². The Morgan fingerprint density at radius 2 is 1.90 bits per heavy atom. The van der Waals surface area contributed by atoms with E-state index in [0.717, 1.165) is 18.8 Å².